The summed E-state index contributed by atoms with van der Waals surface area (Å²) in [7, 11) is 0. The molecular formula is C16H31N3O2. The van der Waals surface area contributed by atoms with Crippen molar-refractivity contribution in [1.29, 1.82) is 0 Å². The van der Waals surface area contributed by atoms with E-state index in [1.54, 1.807) is 4.90 Å². The maximum Gasteiger partial charge on any atom is 0.237 e. The summed E-state index contributed by atoms with van der Waals surface area (Å²) in [6.07, 6.45) is 0. The van der Waals surface area contributed by atoms with E-state index in [4.69, 9.17) is 0 Å². The van der Waals surface area contributed by atoms with Gasteiger partial charge in [-0.25, -0.2) is 0 Å². The molecule has 122 valence electrons. The Morgan fingerprint density at radius 1 is 1.05 bits per heavy atom. The Labute approximate surface area is 129 Å². The third-order valence-corrected chi connectivity index (χ3v) is 2.88. The smallest absolute Gasteiger partial charge is 0.237 e. The number of hydrogen-bond donors (Lipinski definition) is 1. The van der Waals surface area contributed by atoms with Crippen LogP contribution in [0.4, 0.5) is 0 Å². The highest BCUT2D eigenvalue weighted by Crippen LogP contribution is 2.01. The second-order valence-corrected chi connectivity index (χ2v) is 6.47. The van der Waals surface area contributed by atoms with Gasteiger partial charge in [-0.2, -0.15) is 0 Å². The second kappa shape index (κ2) is 8.82. The van der Waals surface area contributed by atoms with Gasteiger partial charge in [0.05, 0.1) is 13.1 Å². The van der Waals surface area contributed by atoms with Crippen molar-refractivity contribution in [3.05, 3.63) is 12.2 Å². The van der Waals surface area contributed by atoms with Crippen molar-refractivity contribution >= 4 is 11.8 Å². The van der Waals surface area contributed by atoms with E-state index in [-0.39, 0.29) is 30.4 Å². The van der Waals surface area contributed by atoms with E-state index in [1.165, 1.54) is 0 Å². The van der Waals surface area contributed by atoms with Crippen LogP contribution in [0.15, 0.2) is 12.2 Å². The zero-order chi connectivity index (χ0) is 16.6. The number of carbonyl (C=O) groups is 2. The summed E-state index contributed by atoms with van der Waals surface area (Å²) >= 11 is 0. The van der Waals surface area contributed by atoms with Gasteiger partial charge in [0.1, 0.15) is 0 Å². The molecule has 1 N–H and O–H groups in total. The molecule has 0 aromatic heterocycles. The monoisotopic (exact) mass is 297 g/mol. The molecule has 0 rings (SSSR count). The van der Waals surface area contributed by atoms with Gasteiger partial charge in [0, 0.05) is 18.6 Å². The number of nitrogens with one attached hydrogen (secondary N) is 1. The van der Waals surface area contributed by atoms with Crippen LogP contribution in [0.1, 0.15) is 41.5 Å². The van der Waals surface area contributed by atoms with Crippen molar-refractivity contribution in [2.75, 3.05) is 32.7 Å². The van der Waals surface area contributed by atoms with Gasteiger partial charge in [-0.05, 0) is 41.2 Å². The Balaban J connectivity index is 4.51. The predicted octanol–water partition coefficient (Wildman–Crippen LogP) is 1.65. The van der Waals surface area contributed by atoms with Gasteiger partial charge in [-0.3, -0.25) is 14.5 Å². The number of hydrogen-bond acceptors (Lipinski definition) is 3. The Morgan fingerprint density at radius 3 is 2.00 bits per heavy atom. The summed E-state index contributed by atoms with van der Waals surface area (Å²) in [6, 6.07) is 0. The van der Waals surface area contributed by atoms with E-state index in [2.05, 4.69) is 11.9 Å². The highest BCUT2D eigenvalue weighted by molar-refractivity contribution is 5.81. The number of nitrogens with zero attached hydrogens (tertiary/aromatic N) is 2. The molecule has 5 heteroatoms. The van der Waals surface area contributed by atoms with Crippen molar-refractivity contribution in [2.45, 2.75) is 47.1 Å². The Hall–Kier alpha value is -1.36. The average Bonchev–Trinajstić information content (AvgIpc) is 2.32. The fourth-order valence-corrected chi connectivity index (χ4v) is 1.93. The third-order valence-electron chi connectivity index (χ3n) is 2.88. The summed E-state index contributed by atoms with van der Waals surface area (Å²) in [4.78, 5) is 27.8. The van der Waals surface area contributed by atoms with Crippen molar-refractivity contribution in [3.63, 3.8) is 0 Å². The van der Waals surface area contributed by atoms with Crippen LogP contribution in [-0.2, 0) is 9.59 Å². The normalized spacial score (nSPS) is 11.4. The predicted molar refractivity (Wildman–Crippen MR) is 87.1 cm³/mol. The quantitative estimate of drug-likeness (QED) is 0.693. The molecule has 0 atom stereocenters. The Morgan fingerprint density at radius 2 is 1.62 bits per heavy atom. The lowest BCUT2D eigenvalue weighted by Crippen LogP contribution is -2.48. The molecule has 0 bridgehead atoms. The molecule has 0 radical (unpaired) electrons. The minimum atomic E-state index is -0.254. The number of rotatable bonds is 8. The summed E-state index contributed by atoms with van der Waals surface area (Å²) in [5, 5.41) is 2.91. The van der Waals surface area contributed by atoms with E-state index in [0.717, 1.165) is 5.57 Å². The van der Waals surface area contributed by atoms with Gasteiger partial charge in [-0.15, -0.1) is 0 Å². The van der Waals surface area contributed by atoms with Gasteiger partial charge >= 0.3 is 0 Å². The standard InChI is InChI=1S/C16H31N3O2/c1-8-18(11-14(20)17-16(5,6)7)12-15(21)19(9-2)10-13(3)4/h3,8-12H2,1-2,4-7H3,(H,17,20). The van der Waals surface area contributed by atoms with Crippen LogP contribution in [-0.4, -0.2) is 59.9 Å². The number of amides is 2. The lowest BCUT2D eigenvalue weighted by Gasteiger charge is -2.27. The molecule has 0 heterocycles. The third kappa shape index (κ3) is 9.24. The van der Waals surface area contributed by atoms with Crippen LogP contribution >= 0.6 is 0 Å². The molecule has 0 unspecified atom stereocenters. The van der Waals surface area contributed by atoms with Gasteiger partial charge in [0.15, 0.2) is 0 Å². The van der Waals surface area contributed by atoms with Crippen LogP contribution in [0.5, 0.6) is 0 Å². The summed E-state index contributed by atoms with van der Waals surface area (Å²) < 4.78 is 0. The van der Waals surface area contributed by atoms with Crippen molar-refractivity contribution in [1.82, 2.24) is 15.1 Å². The first-order valence-corrected chi connectivity index (χ1v) is 7.54. The molecule has 0 fully saturated rings. The minimum Gasteiger partial charge on any atom is -0.350 e. The molecule has 0 aliphatic heterocycles. The summed E-state index contributed by atoms with van der Waals surface area (Å²) in [5.74, 6) is -0.0222. The van der Waals surface area contributed by atoms with Crippen molar-refractivity contribution in [2.24, 2.45) is 0 Å². The maximum absolute atomic E-state index is 12.3. The molecule has 0 saturated heterocycles. The van der Waals surface area contributed by atoms with Gasteiger partial charge in [0.2, 0.25) is 11.8 Å². The number of likely N-dealkylation sites (N-methyl/N-ethyl adjacent to an activating group) is 2. The molecule has 21 heavy (non-hydrogen) atoms. The van der Waals surface area contributed by atoms with Crippen molar-refractivity contribution in [3.8, 4) is 0 Å². The Bertz CT molecular complexity index is 372. The first kappa shape index (κ1) is 19.6. The summed E-state index contributed by atoms with van der Waals surface area (Å²) in [6.45, 7) is 17.9. The van der Waals surface area contributed by atoms with Gasteiger partial charge in [0.25, 0.3) is 0 Å². The number of carbonyl (C=O) groups excluding carboxylic acids is 2. The molecular weight excluding hydrogens is 266 g/mol. The largest absolute Gasteiger partial charge is 0.350 e. The van der Waals surface area contributed by atoms with Crippen LogP contribution in [0.2, 0.25) is 0 Å². The first-order chi connectivity index (χ1) is 9.58. The van der Waals surface area contributed by atoms with Crippen LogP contribution in [0.3, 0.4) is 0 Å². The van der Waals surface area contributed by atoms with E-state index in [1.807, 2.05) is 46.4 Å². The molecule has 0 aliphatic rings. The SMILES string of the molecule is C=C(C)CN(CC)C(=O)CN(CC)CC(=O)NC(C)(C)C. The molecule has 0 aromatic carbocycles. The minimum absolute atomic E-state index is 0.0332. The fraction of sp³-hybridized carbons (Fsp3) is 0.750. The molecule has 2 amide bonds. The highest BCUT2D eigenvalue weighted by Gasteiger charge is 2.19. The van der Waals surface area contributed by atoms with Gasteiger partial charge < -0.3 is 10.2 Å². The zero-order valence-corrected chi connectivity index (χ0v) is 14.5. The lowest BCUT2D eigenvalue weighted by atomic mass is 10.1. The van der Waals surface area contributed by atoms with E-state index in [0.29, 0.717) is 19.6 Å². The van der Waals surface area contributed by atoms with Crippen molar-refractivity contribution < 1.29 is 9.59 Å². The van der Waals surface area contributed by atoms with E-state index in [9.17, 15) is 9.59 Å². The topological polar surface area (TPSA) is 52.7 Å². The Kier molecular flexibility index (Phi) is 8.25. The summed E-state index contributed by atoms with van der Waals surface area (Å²) in [5.41, 5.74) is 0.703. The molecule has 0 aromatic rings. The fourth-order valence-electron chi connectivity index (χ4n) is 1.93. The van der Waals surface area contributed by atoms with Crippen LogP contribution < -0.4 is 5.32 Å². The van der Waals surface area contributed by atoms with Crippen LogP contribution in [0, 0.1) is 0 Å². The van der Waals surface area contributed by atoms with Gasteiger partial charge in [-0.1, -0.05) is 19.1 Å². The first-order valence-electron chi connectivity index (χ1n) is 7.54. The second-order valence-electron chi connectivity index (χ2n) is 6.47. The highest BCUT2D eigenvalue weighted by atomic mass is 16.2. The molecule has 0 spiro atoms. The molecule has 0 aliphatic carbocycles. The van der Waals surface area contributed by atoms with E-state index >= 15 is 0 Å². The maximum atomic E-state index is 12.3. The zero-order valence-electron chi connectivity index (χ0n) is 14.5. The van der Waals surface area contributed by atoms with Crippen LogP contribution in [0.25, 0.3) is 0 Å². The van der Waals surface area contributed by atoms with E-state index < -0.39 is 0 Å². The molecule has 5 nitrogen and oxygen atoms in total. The molecule has 0 saturated carbocycles. The lowest BCUT2D eigenvalue weighted by molar-refractivity contribution is -0.132. The average molecular weight is 297 g/mol.